The predicted molar refractivity (Wildman–Crippen MR) is 114 cm³/mol. The van der Waals surface area contributed by atoms with Crippen LogP contribution in [-0.2, 0) is 11.8 Å². The molecule has 0 fully saturated rings. The van der Waals surface area contributed by atoms with Crippen LogP contribution in [0.5, 0.6) is 0 Å². The molecule has 0 aliphatic carbocycles. The predicted octanol–water partition coefficient (Wildman–Crippen LogP) is 4.66. The van der Waals surface area contributed by atoms with Crippen LogP contribution in [0.3, 0.4) is 0 Å². The molecule has 2 aromatic rings. The summed E-state index contributed by atoms with van der Waals surface area (Å²) in [7, 11) is 0. The monoisotopic (exact) mass is 393 g/mol. The molecule has 0 aliphatic rings. The minimum absolute atomic E-state index is 0.00509. The van der Waals surface area contributed by atoms with Crippen molar-refractivity contribution in [1.82, 2.24) is 4.90 Å². The summed E-state index contributed by atoms with van der Waals surface area (Å²) in [4.78, 5) is 15.2. The van der Waals surface area contributed by atoms with Crippen LogP contribution < -0.4 is 10.6 Å². The van der Waals surface area contributed by atoms with E-state index in [1.807, 2.05) is 75.1 Å². The zero-order chi connectivity index (χ0) is 18.8. The van der Waals surface area contributed by atoms with E-state index in [1.165, 1.54) is 0 Å². The molecule has 134 valence electrons. The molecule has 2 nitrogen and oxygen atoms in total. The maximum atomic E-state index is 13.3. The molecule has 0 heterocycles. The molecule has 0 saturated heterocycles. The summed E-state index contributed by atoms with van der Waals surface area (Å²) in [5, 5.41) is 2.58. The highest BCUT2D eigenvalue weighted by Crippen LogP contribution is 2.41. The van der Waals surface area contributed by atoms with Gasteiger partial charge in [0, 0.05) is 34.0 Å². The molecular weight excluding hydrogens is 369 g/mol. The van der Waals surface area contributed by atoms with Gasteiger partial charge in [-0.15, -0.1) is 0 Å². The number of carbonyl (C=O) groups is 1. The summed E-state index contributed by atoms with van der Waals surface area (Å²) in [6.07, 6.45) is 0. The van der Waals surface area contributed by atoms with Crippen molar-refractivity contribution in [1.29, 1.82) is 0 Å². The standard InChI is InChI=1S/C20H25ClNOPS/c1-14(2)22(15(3)4)20(23)18-13-16(21)11-12-19(18)24(5,25)17-9-7-6-8-10-17/h6-15H,1-5H3. The third-order valence-corrected chi connectivity index (χ3v) is 8.30. The van der Waals surface area contributed by atoms with E-state index in [4.69, 9.17) is 23.4 Å². The molecule has 0 aromatic heterocycles. The van der Waals surface area contributed by atoms with Crippen LogP contribution in [0.2, 0.25) is 5.02 Å². The fourth-order valence-corrected chi connectivity index (χ4v) is 6.12. The second-order valence-corrected chi connectivity index (χ2v) is 12.3. The van der Waals surface area contributed by atoms with Gasteiger partial charge in [0.05, 0.1) is 0 Å². The molecule has 1 amide bonds. The van der Waals surface area contributed by atoms with Crippen molar-refractivity contribution >= 4 is 46.0 Å². The van der Waals surface area contributed by atoms with Gasteiger partial charge in [0.15, 0.2) is 0 Å². The van der Waals surface area contributed by atoms with Crippen molar-refractivity contribution in [3.05, 3.63) is 59.1 Å². The van der Waals surface area contributed by atoms with Gasteiger partial charge in [0.2, 0.25) is 0 Å². The first-order valence-corrected chi connectivity index (χ1v) is 12.0. The Morgan fingerprint density at radius 3 is 2.12 bits per heavy atom. The minimum atomic E-state index is -2.08. The second-order valence-electron chi connectivity index (χ2n) is 6.82. The highest BCUT2D eigenvalue weighted by molar-refractivity contribution is 8.21. The smallest absolute Gasteiger partial charge is 0.255 e. The van der Waals surface area contributed by atoms with Gasteiger partial charge in [-0.25, -0.2) is 0 Å². The maximum Gasteiger partial charge on any atom is 0.255 e. The van der Waals surface area contributed by atoms with Gasteiger partial charge in [-0.2, -0.15) is 0 Å². The zero-order valence-corrected chi connectivity index (χ0v) is 17.8. The first kappa shape index (κ1) is 20.2. The van der Waals surface area contributed by atoms with Gasteiger partial charge in [-0.1, -0.05) is 59.8 Å². The molecule has 0 saturated carbocycles. The van der Waals surface area contributed by atoms with E-state index >= 15 is 0 Å². The molecule has 0 spiro atoms. The SMILES string of the molecule is CC(C)N(C(=O)c1cc(Cl)ccc1P(C)(=S)c1ccccc1)C(C)C. The Morgan fingerprint density at radius 2 is 1.60 bits per heavy atom. The fraction of sp³-hybridized carbons (Fsp3) is 0.350. The molecule has 5 heteroatoms. The molecule has 0 radical (unpaired) electrons. The number of nitrogens with zero attached hydrogens (tertiary/aromatic N) is 1. The topological polar surface area (TPSA) is 20.3 Å². The quantitative estimate of drug-likeness (QED) is 0.688. The number of halogens is 1. The van der Waals surface area contributed by atoms with Crippen LogP contribution in [0.4, 0.5) is 0 Å². The summed E-state index contributed by atoms with van der Waals surface area (Å²) in [5.41, 5.74) is 0.629. The van der Waals surface area contributed by atoms with E-state index in [0.717, 1.165) is 10.6 Å². The molecule has 0 aliphatic heterocycles. The van der Waals surface area contributed by atoms with E-state index < -0.39 is 6.04 Å². The molecule has 0 N–H and O–H groups in total. The normalized spacial score (nSPS) is 13.8. The lowest BCUT2D eigenvalue weighted by molar-refractivity contribution is 0.0645. The largest absolute Gasteiger partial charge is 0.334 e. The number of hydrogen-bond acceptors (Lipinski definition) is 2. The molecule has 0 bridgehead atoms. The summed E-state index contributed by atoms with van der Waals surface area (Å²) in [6, 6.07) is 13.7. The Balaban J connectivity index is 2.63. The van der Waals surface area contributed by atoms with Gasteiger partial charge in [0.25, 0.3) is 5.91 Å². The number of hydrogen-bond donors (Lipinski definition) is 0. The number of rotatable bonds is 5. The van der Waals surface area contributed by atoms with E-state index in [-0.39, 0.29) is 18.0 Å². The number of carbonyl (C=O) groups excluding carboxylic acids is 1. The third kappa shape index (κ3) is 4.34. The molecule has 1 atom stereocenters. The Bertz CT molecular complexity index is 797. The molecule has 1 unspecified atom stereocenters. The zero-order valence-electron chi connectivity index (χ0n) is 15.4. The van der Waals surface area contributed by atoms with Gasteiger partial charge >= 0.3 is 0 Å². The Labute approximate surface area is 161 Å². The average molecular weight is 394 g/mol. The van der Waals surface area contributed by atoms with Gasteiger partial charge in [0.1, 0.15) is 0 Å². The van der Waals surface area contributed by atoms with Gasteiger partial charge in [-0.05, 0) is 51.8 Å². The first-order valence-electron chi connectivity index (χ1n) is 8.42. The summed E-state index contributed by atoms with van der Waals surface area (Å²) >= 11 is 12.3. The first-order chi connectivity index (χ1) is 11.7. The Kier molecular flexibility index (Phi) is 6.48. The average Bonchev–Trinajstić information content (AvgIpc) is 2.54. The van der Waals surface area contributed by atoms with Crippen LogP contribution in [0.1, 0.15) is 38.1 Å². The maximum absolute atomic E-state index is 13.3. The highest BCUT2D eigenvalue weighted by Gasteiger charge is 2.28. The van der Waals surface area contributed by atoms with Crippen LogP contribution in [0.25, 0.3) is 0 Å². The lowest BCUT2D eigenvalue weighted by atomic mass is 10.1. The third-order valence-electron chi connectivity index (χ3n) is 4.24. The van der Waals surface area contributed by atoms with Crippen molar-refractivity contribution in [3.63, 3.8) is 0 Å². The molecule has 25 heavy (non-hydrogen) atoms. The molecule has 2 rings (SSSR count). The van der Waals surface area contributed by atoms with Crippen LogP contribution in [-0.4, -0.2) is 29.6 Å². The summed E-state index contributed by atoms with van der Waals surface area (Å²) < 4.78 is 0. The van der Waals surface area contributed by atoms with E-state index in [0.29, 0.717) is 10.6 Å². The van der Waals surface area contributed by atoms with Crippen LogP contribution in [0.15, 0.2) is 48.5 Å². The summed E-state index contributed by atoms with van der Waals surface area (Å²) in [5.74, 6) is -0.00509. The molecular formula is C20H25ClNOPS. The summed E-state index contributed by atoms with van der Waals surface area (Å²) in [6.45, 7) is 10.2. The van der Waals surface area contributed by atoms with Crippen molar-refractivity contribution < 1.29 is 4.79 Å². The van der Waals surface area contributed by atoms with Crippen molar-refractivity contribution in [2.24, 2.45) is 0 Å². The Morgan fingerprint density at radius 1 is 1.04 bits per heavy atom. The van der Waals surface area contributed by atoms with Crippen molar-refractivity contribution in [3.8, 4) is 0 Å². The van der Waals surface area contributed by atoms with Gasteiger partial charge in [-0.3, -0.25) is 4.79 Å². The number of benzene rings is 2. The fourth-order valence-electron chi connectivity index (χ4n) is 3.11. The van der Waals surface area contributed by atoms with E-state index in [9.17, 15) is 4.79 Å². The van der Waals surface area contributed by atoms with E-state index in [2.05, 4.69) is 6.66 Å². The highest BCUT2D eigenvalue weighted by atomic mass is 35.5. The second kappa shape index (κ2) is 8.03. The Hall–Kier alpha value is -1.15. The van der Waals surface area contributed by atoms with Crippen LogP contribution in [0, 0.1) is 0 Å². The number of amides is 1. The van der Waals surface area contributed by atoms with Gasteiger partial charge < -0.3 is 4.90 Å². The van der Waals surface area contributed by atoms with Crippen LogP contribution >= 0.6 is 17.6 Å². The van der Waals surface area contributed by atoms with Crippen molar-refractivity contribution in [2.45, 2.75) is 39.8 Å². The molecule has 2 aromatic carbocycles. The van der Waals surface area contributed by atoms with E-state index in [1.54, 1.807) is 6.07 Å². The minimum Gasteiger partial charge on any atom is -0.334 e. The van der Waals surface area contributed by atoms with Crippen molar-refractivity contribution in [2.75, 3.05) is 6.66 Å². The lowest BCUT2D eigenvalue weighted by Crippen LogP contribution is -2.43. The lowest BCUT2D eigenvalue weighted by Gasteiger charge is -2.32.